The zero-order valence-electron chi connectivity index (χ0n) is 11.3. The van der Waals surface area contributed by atoms with Gasteiger partial charge in [-0.3, -0.25) is 0 Å². The van der Waals surface area contributed by atoms with Crippen molar-refractivity contribution in [2.45, 2.75) is 25.9 Å². The van der Waals surface area contributed by atoms with Crippen LogP contribution in [-0.2, 0) is 0 Å². The number of hydrogen-bond acceptors (Lipinski definition) is 1. The van der Waals surface area contributed by atoms with E-state index in [9.17, 15) is 4.39 Å². The molecule has 2 rings (SSSR count). The molecule has 0 radical (unpaired) electrons. The van der Waals surface area contributed by atoms with Crippen LogP contribution in [-0.4, -0.2) is 0 Å². The fourth-order valence-corrected chi connectivity index (χ4v) is 3.00. The topological polar surface area (TPSA) is 12.0 Å². The van der Waals surface area contributed by atoms with Crippen molar-refractivity contribution in [2.75, 3.05) is 0 Å². The van der Waals surface area contributed by atoms with Crippen molar-refractivity contribution in [3.63, 3.8) is 0 Å². The second-order valence-corrected chi connectivity index (χ2v) is 6.15. The third-order valence-electron chi connectivity index (χ3n) is 3.30. The molecule has 1 nitrogen and oxygen atoms in total. The third-order valence-corrected chi connectivity index (χ3v) is 4.12. The van der Waals surface area contributed by atoms with Crippen molar-refractivity contribution in [1.29, 1.82) is 0 Å². The van der Waals surface area contributed by atoms with Crippen LogP contribution in [0.15, 0.2) is 46.9 Å². The van der Waals surface area contributed by atoms with Gasteiger partial charge in [0.1, 0.15) is 5.82 Å². The monoisotopic (exact) mass is 355 g/mol. The molecule has 1 N–H and O–H groups in total. The average Bonchev–Trinajstić information content (AvgIpc) is 2.39. The lowest BCUT2D eigenvalue weighted by molar-refractivity contribution is 0.494. The van der Waals surface area contributed by atoms with E-state index in [0.717, 1.165) is 20.6 Å². The lowest BCUT2D eigenvalue weighted by atomic mass is 10.0. The quantitative estimate of drug-likeness (QED) is 0.746. The molecule has 0 aliphatic heterocycles. The van der Waals surface area contributed by atoms with Crippen molar-refractivity contribution in [3.05, 3.63) is 68.9 Å². The Morgan fingerprint density at radius 1 is 1.05 bits per heavy atom. The molecule has 0 saturated carbocycles. The van der Waals surface area contributed by atoms with Crippen LogP contribution in [0.5, 0.6) is 0 Å². The molecule has 2 aromatic carbocycles. The normalized spacial score (nSPS) is 14.1. The zero-order chi connectivity index (χ0) is 14.7. The maximum atomic E-state index is 12.9. The number of hydrogen-bond donors (Lipinski definition) is 1. The number of benzene rings is 2. The average molecular weight is 357 g/mol. The Kier molecular flexibility index (Phi) is 5.19. The van der Waals surface area contributed by atoms with E-state index in [4.69, 9.17) is 11.6 Å². The Bertz CT molecular complexity index is 586. The smallest absolute Gasteiger partial charge is 0.123 e. The van der Waals surface area contributed by atoms with Crippen LogP contribution >= 0.6 is 27.5 Å². The minimum absolute atomic E-state index is 0.107. The molecule has 0 saturated heterocycles. The lowest BCUT2D eigenvalue weighted by Gasteiger charge is -2.21. The van der Waals surface area contributed by atoms with E-state index in [2.05, 4.69) is 35.1 Å². The highest BCUT2D eigenvalue weighted by Gasteiger charge is 2.13. The molecule has 0 aromatic heterocycles. The van der Waals surface area contributed by atoms with Crippen molar-refractivity contribution in [1.82, 2.24) is 5.32 Å². The van der Waals surface area contributed by atoms with Crippen LogP contribution in [0, 0.1) is 5.82 Å². The molecule has 2 aromatic rings. The third kappa shape index (κ3) is 3.81. The summed E-state index contributed by atoms with van der Waals surface area (Å²) in [5, 5.41) is 4.20. The van der Waals surface area contributed by atoms with E-state index < -0.39 is 0 Å². The molecule has 0 aliphatic rings. The molecule has 0 spiro atoms. The predicted octanol–water partition coefficient (Wildman–Crippen LogP) is 5.65. The summed E-state index contributed by atoms with van der Waals surface area (Å²) in [4.78, 5) is 0. The molecule has 0 aliphatic carbocycles. The standard InChI is InChI=1S/C16H16BrClFN/c1-10(12-3-6-14(19)7-4-12)20-11(2)15-8-5-13(17)9-16(15)18/h3-11,20H,1-2H3/t10-,11?/m1/s1. The van der Waals surface area contributed by atoms with Crippen LogP contribution in [0.3, 0.4) is 0 Å². The summed E-state index contributed by atoms with van der Waals surface area (Å²) in [5.41, 5.74) is 2.09. The van der Waals surface area contributed by atoms with E-state index in [0.29, 0.717) is 0 Å². The fraction of sp³-hybridized carbons (Fsp3) is 0.250. The van der Waals surface area contributed by atoms with E-state index in [1.54, 1.807) is 12.1 Å². The fourth-order valence-electron chi connectivity index (χ4n) is 2.17. The molecule has 4 heteroatoms. The molecule has 20 heavy (non-hydrogen) atoms. The van der Waals surface area contributed by atoms with Crippen molar-refractivity contribution in [2.24, 2.45) is 0 Å². The highest BCUT2D eigenvalue weighted by Crippen LogP contribution is 2.28. The van der Waals surface area contributed by atoms with Crippen LogP contribution in [0.4, 0.5) is 4.39 Å². The van der Waals surface area contributed by atoms with E-state index in [1.165, 1.54) is 12.1 Å². The summed E-state index contributed by atoms with van der Waals surface area (Å²) in [5.74, 6) is -0.218. The van der Waals surface area contributed by atoms with Gasteiger partial charge in [0.2, 0.25) is 0 Å². The Morgan fingerprint density at radius 2 is 1.70 bits per heavy atom. The first-order valence-electron chi connectivity index (χ1n) is 6.44. The Balaban J connectivity index is 2.10. The summed E-state index contributed by atoms with van der Waals surface area (Å²) >= 11 is 9.65. The second-order valence-electron chi connectivity index (χ2n) is 4.83. The summed E-state index contributed by atoms with van der Waals surface area (Å²) < 4.78 is 13.9. The summed E-state index contributed by atoms with van der Waals surface area (Å²) in [7, 11) is 0. The molecule has 0 bridgehead atoms. The van der Waals surface area contributed by atoms with Crippen LogP contribution in [0.2, 0.25) is 5.02 Å². The molecule has 1 unspecified atom stereocenters. The first kappa shape index (κ1) is 15.5. The van der Waals surface area contributed by atoms with Gasteiger partial charge in [-0.05, 0) is 49.2 Å². The van der Waals surface area contributed by atoms with Gasteiger partial charge in [0.05, 0.1) is 0 Å². The molecule has 0 heterocycles. The van der Waals surface area contributed by atoms with Gasteiger partial charge < -0.3 is 5.32 Å². The van der Waals surface area contributed by atoms with E-state index >= 15 is 0 Å². The lowest BCUT2D eigenvalue weighted by Crippen LogP contribution is -2.22. The number of halogens is 3. The van der Waals surface area contributed by atoms with Gasteiger partial charge in [0, 0.05) is 21.6 Å². The van der Waals surface area contributed by atoms with Crippen LogP contribution in [0.25, 0.3) is 0 Å². The second kappa shape index (κ2) is 6.70. The molecular formula is C16H16BrClFN. The molecular weight excluding hydrogens is 341 g/mol. The Labute approximate surface area is 132 Å². The summed E-state index contributed by atoms with van der Waals surface area (Å²) in [6.07, 6.45) is 0. The minimum atomic E-state index is -0.218. The molecule has 106 valence electrons. The van der Waals surface area contributed by atoms with Crippen LogP contribution < -0.4 is 5.32 Å². The first-order chi connectivity index (χ1) is 9.47. The SMILES string of the molecule is CC(N[C@H](C)c1ccc(F)cc1)c1ccc(Br)cc1Cl. The number of nitrogens with one attached hydrogen (secondary N) is 1. The highest BCUT2D eigenvalue weighted by atomic mass is 79.9. The van der Waals surface area contributed by atoms with Crippen molar-refractivity contribution >= 4 is 27.5 Å². The predicted molar refractivity (Wildman–Crippen MR) is 85.5 cm³/mol. The Hall–Kier alpha value is -0.900. The summed E-state index contributed by atoms with van der Waals surface area (Å²) in [6.45, 7) is 4.12. The van der Waals surface area contributed by atoms with Crippen molar-refractivity contribution in [3.8, 4) is 0 Å². The zero-order valence-corrected chi connectivity index (χ0v) is 13.7. The van der Waals surface area contributed by atoms with Crippen LogP contribution in [0.1, 0.15) is 37.1 Å². The summed E-state index contributed by atoms with van der Waals surface area (Å²) in [6, 6.07) is 12.6. The Morgan fingerprint density at radius 3 is 2.30 bits per heavy atom. The van der Waals surface area contributed by atoms with Gasteiger partial charge in [-0.15, -0.1) is 0 Å². The minimum Gasteiger partial charge on any atom is -0.304 e. The maximum Gasteiger partial charge on any atom is 0.123 e. The van der Waals surface area contributed by atoms with Gasteiger partial charge >= 0.3 is 0 Å². The molecule has 0 amide bonds. The molecule has 2 atom stereocenters. The van der Waals surface area contributed by atoms with Gasteiger partial charge in [-0.2, -0.15) is 0 Å². The maximum absolute atomic E-state index is 12.9. The molecule has 0 fully saturated rings. The largest absolute Gasteiger partial charge is 0.304 e. The van der Waals surface area contributed by atoms with Gasteiger partial charge in [-0.25, -0.2) is 4.39 Å². The first-order valence-corrected chi connectivity index (χ1v) is 7.61. The number of rotatable bonds is 4. The van der Waals surface area contributed by atoms with E-state index in [1.807, 2.05) is 18.2 Å². The van der Waals surface area contributed by atoms with Gasteiger partial charge in [-0.1, -0.05) is 45.7 Å². The van der Waals surface area contributed by atoms with Gasteiger partial charge in [0.15, 0.2) is 0 Å². The van der Waals surface area contributed by atoms with Gasteiger partial charge in [0.25, 0.3) is 0 Å². The highest BCUT2D eigenvalue weighted by molar-refractivity contribution is 9.10. The van der Waals surface area contributed by atoms with Crippen molar-refractivity contribution < 1.29 is 4.39 Å². The van der Waals surface area contributed by atoms with E-state index in [-0.39, 0.29) is 17.9 Å².